The Balaban J connectivity index is 1.41. The minimum absolute atomic E-state index is 0.587. The quantitative estimate of drug-likeness (QED) is 0.946. The number of thiazole rings is 1. The highest BCUT2D eigenvalue weighted by Crippen LogP contribution is 2.39. The van der Waals surface area contributed by atoms with Crippen molar-refractivity contribution in [3.8, 4) is 10.6 Å². The average Bonchev–Trinajstić information content (AvgIpc) is 3.17. The van der Waals surface area contributed by atoms with Gasteiger partial charge in [0.1, 0.15) is 5.01 Å². The van der Waals surface area contributed by atoms with Gasteiger partial charge in [0.05, 0.1) is 0 Å². The van der Waals surface area contributed by atoms with E-state index in [9.17, 15) is 0 Å². The highest BCUT2D eigenvalue weighted by atomic mass is 32.1. The SMILES string of the molecule is c1cc(-c2ncc(CN3CCC4(CCNCC4)C3)s2)ccn1. The molecular formula is C17H22N4S. The number of piperidine rings is 1. The molecule has 0 atom stereocenters. The Morgan fingerprint density at radius 3 is 2.82 bits per heavy atom. The Kier molecular flexibility index (Phi) is 3.94. The normalized spacial score (nSPS) is 21.5. The number of nitrogens with zero attached hydrogens (tertiary/aromatic N) is 3. The van der Waals surface area contributed by atoms with Crippen LogP contribution in [0.2, 0.25) is 0 Å². The van der Waals surface area contributed by atoms with Gasteiger partial charge in [-0.05, 0) is 56.4 Å². The summed E-state index contributed by atoms with van der Waals surface area (Å²) in [5, 5.41) is 4.60. The van der Waals surface area contributed by atoms with Gasteiger partial charge in [0.25, 0.3) is 0 Å². The summed E-state index contributed by atoms with van der Waals surface area (Å²) in [5.74, 6) is 0. The summed E-state index contributed by atoms with van der Waals surface area (Å²) in [5.41, 5.74) is 1.76. The molecule has 2 aliphatic rings. The first-order chi connectivity index (χ1) is 10.8. The van der Waals surface area contributed by atoms with Crippen molar-refractivity contribution >= 4 is 11.3 Å². The van der Waals surface area contributed by atoms with Crippen LogP contribution in [0.15, 0.2) is 30.7 Å². The third-order valence-electron chi connectivity index (χ3n) is 5.04. The molecule has 0 aliphatic carbocycles. The molecule has 22 heavy (non-hydrogen) atoms. The molecule has 0 amide bonds. The standard InChI is InChI=1S/C17H22N4S/c1-6-18-7-2-14(1)16-20-11-15(22-16)12-21-10-5-17(13-21)3-8-19-9-4-17/h1-2,6-7,11,19H,3-5,8-10,12-13H2. The molecule has 4 heterocycles. The van der Waals surface area contributed by atoms with Crippen molar-refractivity contribution in [2.75, 3.05) is 26.2 Å². The molecule has 0 unspecified atom stereocenters. The van der Waals surface area contributed by atoms with Gasteiger partial charge < -0.3 is 5.32 Å². The van der Waals surface area contributed by atoms with Crippen LogP contribution in [0.25, 0.3) is 10.6 Å². The highest BCUT2D eigenvalue weighted by Gasteiger charge is 2.38. The predicted molar refractivity (Wildman–Crippen MR) is 89.8 cm³/mol. The fraction of sp³-hybridized carbons (Fsp3) is 0.529. The van der Waals surface area contributed by atoms with E-state index in [-0.39, 0.29) is 0 Å². The van der Waals surface area contributed by atoms with E-state index in [0.29, 0.717) is 5.41 Å². The van der Waals surface area contributed by atoms with Crippen LogP contribution in [0.5, 0.6) is 0 Å². The number of nitrogens with one attached hydrogen (secondary N) is 1. The minimum Gasteiger partial charge on any atom is -0.317 e. The molecule has 4 rings (SSSR count). The fourth-order valence-corrected chi connectivity index (χ4v) is 4.72. The molecule has 0 bridgehead atoms. The Morgan fingerprint density at radius 1 is 1.18 bits per heavy atom. The smallest absolute Gasteiger partial charge is 0.123 e. The fourth-order valence-electron chi connectivity index (χ4n) is 3.76. The van der Waals surface area contributed by atoms with Crippen LogP contribution in [0.1, 0.15) is 24.1 Å². The van der Waals surface area contributed by atoms with E-state index in [0.717, 1.165) is 11.6 Å². The van der Waals surface area contributed by atoms with Gasteiger partial charge in [-0.3, -0.25) is 9.88 Å². The Morgan fingerprint density at radius 2 is 2.00 bits per heavy atom. The maximum absolute atomic E-state index is 4.59. The second kappa shape index (κ2) is 6.07. The highest BCUT2D eigenvalue weighted by molar-refractivity contribution is 7.15. The molecule has 116 valence electrons. The van der Waals surface area contributed by atoms with Crippen molar-refractivity contribution in [1.29, 1.82) is 0 Å². The lowest BCUT2D eigenvalue weighted by molar-refractivity contribution is 0.194. The van der Waals surface area contributed by atoms with Crippen LogP contribution in [-0.2, 0) is 6.54 Å². The summed E-state index contributed by atoms with van der Waals surface area (Å²) in [6, 6.07) is 4.06. The molecule has 1 N–H and O–H groups in total. The lowest BCUT2D eigenvalue weighted by Gasteiger charge is -2.33. The number of rotatable bonds is 3. The van der Waals surface area contributed by atoms with Crippen LogP contribution in [0.4, 0.5) is 0 Å². The number of pyridine rings is 1. The number of likely N-dealkylation sites (tertiary alicyclic amines) is 1. The van der Waals surface area contributed by atoms with Crippen molar-refractivity contribution < 1.29 is 0 Å². The Labute approximate surface area is 135 Å². The molecule has 0 aromatic carbocycles. The molecule has 1 spiro atoms. The van der Waals surface area contributed by atoms with Gasteiger partial charge in [-0.15, -0.1) is 11.3 Å². The average molecular weight is 314 g/mol. The van der Waals surface area contributed by atoms with Gasteiger partial charge in [0, 0.05) is 42.1 Å². The summed E-state index contributed by atoms with van der Waals surface area (Å²) in [6.07, 6.45) is 9.76. The lowest BCUT2D eigenvalue weighted by atomic mass is 9.78. The summed E-state index contributed by atoms with van der Waals surface area (Å²) in [6.45, 7) is 5.94. The van der Waals surface area contributed by atoms with E-state index >= 15 is 0 Å². The van der Waals surface area contributed by atoms with E-state index < -0.39 is 0 Å². The summed E-state index contributed by atoms with van der Waals surface area (Å²) >= 11 is 1.82. The monoisotopic (exact) mass is 314 g/mol. The maximum atomic E-state index is 4.59. The second-order valence-corrected chi connectivity index (χ2v) is 7.69. The second-order valence-electron chi connectivity index (χ2n) is 6.58. The zero-order valence-electron chi connectivity index (χ0n) is 12.8. The molecule has 2 aliphatic heterocycles. The van der Waals surface area contributed by atoms with Gasteiger partial charge in [-0.2, -0.15) is 0 Å². The van der Waals surface area contributed by atoms with Gasteiger partial charge in [-0.25, -0.2) is 4.98 Å². The van der Waals surface area contributed by atoms with Crippen LogP contribution in [0.3, 0.4) is 0 Å². The molecule has 2 aromatic heterocycles. The molecule has 5 heteroatoms. The van der Waals surface area contributed by atoms with E-state index in [1.165, 1.54) is 55.9 Å². The van der Waals surface area contributed by atoms with Gasteiger partial charge in [-0.1, -0.05) is 0 Å². The van der Waals surface area contributed by atoms with E-state index in [1.54, 1.807) is 0 Å². The van der Waals surface area contributed by atoms with Gasteiger partial charge in [0.15, 0.2) is 0 Å². The van der Waals surface area contributed by atoms with Crippen molar-refractivity contribution in [3.63, 3.8) is 0 Å². The van der Waals surface area contributed by atoms with Crippen molar-refractivity contribution in [2.24, 2.45) is 5.41 Å². The third-order valence-corrected chi connectivity index (χ3v) is 6.07. The van der Waals surface area contributed by atoms with Crippen LogP contribution in [0, 0.1) is 5.41 Å². The number of aromatic nitrogens is 2. The largest absolute Gasteiger partial charge is 0.317 e. The summed E-state index contributed by atoms with van der Waals surface area (Å²) < 4.78 is 0. The zero-order chi connectivity index (χ0) is 14.8. The van der Waals surface area contributed by atoms with Crippen LogP contribution >= 0.6 is 11.3 Å². The first kappa shape index (κ1) is 14.3. The van der Waals surface area contributed by atoms with Gasteiger partial charge >= 0.3 is 0 Å². The Hall–Kier alpha value is -1.30. The van der Waals surface area contributed by atoms with E-state index in [4.69, 9.17) is 0 Å². The van der Waals surface area contributed by atoms with Crippen molar-refractivity contribution in [1.82, 2.24) is 20.2 Å². The molecule has 2 aromatic rings. The zero-order valence-corrected chi connectivity index (χ0v) is 13.6. The van der Waals surface area contributed by atoms with E-state index in [2.05, 4.69) is 20.2 Å². The third kappa shape index (κ3) is 2.93. The lowest BCUT2D eigenvalue weighted by Crippen LogP contribution is -2.38. The molecular weight excluding hydrogens is 292 g/mol. The van der Waals surface area contributed by atoms with Crippen LogP contribution < -0.4 is 5.32 Å². The molecule has 2 fully saturated rings. The first-order valence-corrected chi connectivity index (χ1v) is 8.93. The molecule has 0 saturated carbocycles. The summed E-state index contributed by atoms with van der Waals surface area (Å²) in [7, 11) is 0. The predicted octanol–water partition coefficient (Wildman–Crippen LogP) is 2.78. The number of hydrogen-bond donors (Lipinski definition) is 1. The summed E-state index contributed by atoms with van der Waals surface area (Å²) in [4.78, 5) is 12.7. The maximum Gasteiger partial charge on any atom is 0.123 e. The molecule has 2 saturated heterocycles. The minimum atomic E-state index is 0.587. The van der Waals surface area contributed by atoms with Gasteiger partial charge in [0.2, 0.25) is 0 Å². The molecule has 4 nitrogen and oxygen atoms in total. The Bertz CT molecular complexity index is 619. The first-order valence-electron chi connectivity index (χ1n) is 8.11. The van der Waals surface area contributed by atoms with Crippen molar-refractivity contribution in [3.05, 3.63) is 35.6 Å². The van der Waals surface area contributed by atoms with Crippen molar-refractivity contribution in [2.45, 2.75) is 25.8 Å². The number of hydrogen-bond acceptors (Lipinski definition) is 5. The molecule has 0 radical (unpaired) electrons. The van der Waals surface area contributed by atoms with E-state index in [1.807, 2.05) is 42.1 Å². The topological polar surface area (TPSA) is 41.1 Å². The van der Waals surface area contributed by atoms with Crippen LogP contribution in [-0.4, -0.2) is 41.0 Å².